The molecule has 1 aromatic rings. The van der Waals surface area contributed by atoms with Crippen LogP contribution in [-0.4, -0.2) is 23.2 Å². The molecule has 0 fully saturated rings. The Balaban J connectivity index is 2.89. The van der Waals surface area contributed by atoms with Gasteiger partial charge in [-0.1, -0.05) is 23.7 Å². The summed E-state index contributed by atoms with van der Waals surface area (Å²) in [6, 6.07) is 5.82. The van der Waals surface area contributed by atoms with Crippen LogP contribution in [0.25, 0.3) is 0 Å². The number of esters is 1. The molecule has 0 amide bonds. The molecule has 0 spiro atoms. The second-order valence-corrected chi connectivity index (χ2v) is 3.14. The van der Waals surface area contributed by atoms with E-state index in [1.807, 2.05) is 0 Å². The smallest absolute Gasteiger partial charge is 0.370 e. The van der Waals surface area contributed by atoms with Crippen LogP contribution in [-0.2, 0) is 9.53 Å². The molecule has 7 nitrogen and oxygen atoms in total. The van der Waals surface area contributed by atoms with Gasteiger partial charge in [0.1, 0.15) is 5.69 Å². The van der Waals surface area contributed by atoms with Crippen LogP contribution in [0.1, 0.15) is 0 Å². The number of methoxy groups -OCH3 is 1. The average Bonchev–Trinajstić information content (AvgIpc) is 2.35. The van der Waals surface area contributed by atoms with Crippen LogP contribution >= 0.6 is 11.6 Å². The molecule has 0 aliphatic rings. The molecule has 0 aliphatic heterocycles. The monoisotopic (exact) mass is 257 g/mol. The van der Waals surface area contributed by atoms with Crippen molar-refractivity contribution in [3.63, 3.8) is 0 Å². The summed E-state index contributed by atoms with van der Waals surface area (Å²) >= 11 is 5.46. The van der Waals surface area contributed by atoms with Gasteiger partial charge in [-0.3, -0.25) is 15.5 Å². The van der Waals surface area contributed by atoms with E-state index in [1.165, 1.54) is 18.2 Å². The number of hydrogen-bond donors (Lipinski definition) is 1. The molecule has 0 aromatic heterocycles. The molecule has 90 valence electrons. The summed E-state index contributed by atoms with van der Waals surface area (Å²) in [5.41, 5.74) is 2.27. The molecule has 0 bridgehead atoms. The SMILES string of the molecule is COC(=O)C(Cl)=NNc1ccccc1[N+](=O)[O-]. The van der Waals surface area contributed by atoms with Crippen molar-refractivity contribution in [2.45, 2.75) is 0 Å². The van der Waals surface area contributed by atoms with Gasteiger partial charge in [0.05, 0.1) is 12.0 Å². The summed E-state index contributed by atoms with van der Waals surface area (Å²) < 4.78 is 4.30. The number of rotatable bonds is 4. The highest BCUT2D eigenvalue weighted by molar-refractivity contribution is 6.82. The maximum atomic E-state index is 10.9. The van der Waals surface area contributed by atoms with E-state index in [4.69, 9.17) is 11.6 Å². The number of nitro benzene ring substituents is 1. The lowest BCUT2D eigenvalue weighted by atomic mass is 10.3. The van der Waals surface area contributed by atoms with Gasteiger partial charge in [-0.2, -0.15) is 5.10 Å². The van der Waals surface area contributed by atoms with E-state index in [0.717, 1.165) is 7.11 Å². The lowest BCUT2D eigenvalue weighted by molar-refractivity contribution is -0.384. The molecular formula is C9H8ClN3O4. The fraction of sp³-hybridized carbons (Fsp3) is 0.111. The first-order valence-electron chi connectivity index (χ1n) is 4.37. The second kappa shape index (κ2) is 5.80. The number of carbonyl (C=O) groups excluding carboxylic acids is 1. The van der Waals surface area contributed by atoms with Crippen molar-refractivity contribution >= 4 is 34.1 Å². The Morgan fingerprint density at radius 1 is 1.53 bits per heavy atom. The van der Waals surface area contributed by atoms with Gasteiger partial charge in [-0.25, -0.2) is 4.79 Å². The van der Waals surface area contributed by atoms with Crippen LogP contribution in [0.15, 0.2) is 29.4 Å². The Bertz CT molecular complexity index is 475. The molecular weight excluding hydrogens is 250 g/mol. The first kappa shape index (κ1) is 12.9. The minimum Gasteiger partial charge on any atom is -0.464 e. The van der Waals surface area contributed by atoms with Crippen molar-refractivity contribution in [2.24, 2.45) is 5.10 Å². The molecule has 0 atom stereocenters. The topological polar surface area (TPSA) is 93.8 Å². The van der Waals surface area contributed by atoms with Gasteiger partial charge < -0.3 is 4.74 Å². The summed E-state index contributed by atoms with van der Waals surface area (Å²) in [4.78, 5) is 21.0. The molecule has 17 heavy (non-hydrogen) atoms. The Labute approximate surface area is 101 Å². The van der Waals surface area contributed by atoms with Gasteiger partial charge in [0.15, 0.2) is 0 Å². The number of carbonyl (C=O) groups is 1. The lowest BCUT2D eigenvalue weighted by Gasteiger charge is -2.01. The first-order chi connectivity index (χ1) is 8.06. The van der Waals surface area contributed by atoms with Crippen LogP contribution < -0.4 is 5.43 Å². The Morgan fingerprint density at radius 2 is 2.18 bits per heavy atom. The minimum absolute atomic E-state index is 0.125. The number of hydrogen-bond acceptors (Lipinski definition) is 6. The summed E-state index contributed by atoms with van der Waals surface area (Å²) in [5.74, 6) is -0.835. The van der Waals surface area contributed by atoms with E-state index >= 15 is 0 Å². The highest BCUT2D eigenvalue weighted by Gasteiger charge is 2.13. The number of nitro groups is 1. The molecule has 0 radical (unpaired) electrons. The Morgan fingerprint density at radius 3 is 2.76 bits per heavy atom. The predicted octanol–water partition coefficient (Wildman–Crippen LogP) is 1.73. The van der Waals surface area contributed by atoms with Gasteiger partial charge in [-0.15, -0.1) is 0 Å². The molecule has 0 heterocycles. The van der Waals surface area contributed by atoms with E-state index in [0.29, 0.717) is 0 Å². The number of ether oxygens (including phenoxy) is 1. The average molecular weight is 258 g/mol. The Hall–Kier alpha value is -2.15. The molecule has 1 aromatic carbocycles. The number of halogens is 1. The molecule has 0 saturated heterocycles. The fourth-order valence-corrected chi connectivity index (χ4v) is 1.09. The predicted molar refractivity (Wildman–Crippen MR) is 62.0 cm³/mol. The normalized spacial score (nSPS) is 10.8. The number of para-hydroxylation sites is 2. The molecule has 0 aliphatic carbocycles. The van der Waals surface area contributed by atoms with Crippen molar-refractivity contribution < 1.29 is 14.5 Å². The zero-order chi connectivity index (χ0) is 12.8. The van der Waals surface area contributed by atoms with Crippen LogP contribution in [0.5, 0.6) is 0 Å². The third-order valence-corrected chi connectivity index (χ3v) is 1.97. The number of nitrogens with one attached hydrogen (secondary N) is 1. The number of nitrogens with zero attached hydrogens (tertiary/aromatic N) is 2. The summed E-state index contributed by atoms with van der Waals surface area (Å²) in [5, 5.41) is 13.7. The summed E-state index contributed by atoms with van der Waals surface area (Å²) in [6.45, 7) is 0. The fourth-order valence-electron chi connectivity index (χ4n) is 0.967. The molecule has 0 saturated carbocycles. The molecule has 0 unspecified atom stereocenters. The molecule has 1 rings (SSSR count). The van der Waals surface area contributed by atoms with E-state index in [9.17, 15) is 14.9 Å². The third kappa shape index (κ3) is 3.42. The van der Waals surface area contributed by atoms with Gasteiger partial charge in [0.25, 0.3) is 5.69 Å². The van der Waals surface area contributed by atoms with Crippen molar-refractivity contribution in [2.75, 3.05) is 12.5 Å². The van der Waals surface area contributed by atoms with E-state index < -0.39 is 16.1 Å². The third-order valence-electron chi connectivity index (χ3n) is 1.73. The van der Waals surface area contributed by atoms with E-state index in [2.05, 4.69) is 15.3 Å². The van der Waals surface area contributed by atoms with Crippen LogP contribution in [0.3, 0.4) is 0 Å². The van der Waals surface area contributed by atoms with Gasteiger partial charge in [-0.05, 0) is 6.07 Å². The second-order valence-electron chi connectivity index (χ2n) is 2.78. The van der Waals surface area contributed by atoms with Gasteiger partial charge >= 0.3 is 5.97 Å². The zero-order valence-electron chi connectivity index (χ0n) is 8.71. The summed E-state index contributed by atoms with van der Waals surface area (Å²) in [7, 11) is 1.14. The zero-order valence-corrected chi connectivity index (χ0v) is 9.47. The number of hydrazone groups is 1. The van der Waals surface area contributed by atoms with Crippen molar-refractivity contribution in [3.8, 4) is 0 Å². The maximum absolute atomic E-state index is 10.9. The molecule has 8 heteroatoms. The van der Waals surface area contributed by atoms with Gasteiger partial charge in [0, 0.05) is 6.07 Å². The standard InChI is InChI=1S/C9H8ClN3O4/c1-17-9(14)8(10)12-11-6-4-2-3-5-7(6)13(15)16/h2-5,11H,1H3. The summed E-state index contributed by atoms with van der Waals surface area (Å²) in [6.07, 6.45) is 0. The van der Waals surface area contributed by atoms with Crippen molar-refractivity contribution in [1.29, 1.82) is 0 Å². The minimum atomic E-state index is -0.835. The quantitative estimate of drug-likeness (QED) is 0.384. The van der Waals surface area contributed by atoms with Crippen LogP contribution in [0, 0.1) is 10.1 Å². The Kier molecular flexibility index (Phi) is 4.41. The largest absolute Gasteiger partial charge is 0.464 e. The van der Waals surface area contributed by atoms with Crippen LogP contribution in [0.2, 0.25) is 0 Å². The van der Waals surface area contributed by atoms with E-state index in [1.54, 1.807) is 6.07 Å². The van der Waals surface area contributed by atoms with Gasteiger partial charge in [0.2, 0.25) is 5.17 Å². The van der Waals surface area contributed by atoms with E-state index in [-0.39, 0.29) is 11.4 Å². The highest BCUT2D eigenvalue weighted by atomic mass is 35.5. The van der Waals surface area contributed by atoms with Crippen molar-refractivity contribution in [1.82, 2.24) is 0 Å². The number of benzene rings is 1. The highest BCUT2D eigenvalue weighted by Crippen LogP contribution is 2.23. The first-order valence-corrected chi connectivity index (χ1v) is 4.75. The maximum Gasteiger partial charge on any atom is 0.370 e. The molecule has 1 N–H and O–H groups in total. The van der Waals surface area contributed by atoms with Crippen molar-refractivity contribution in [3.05, 3.63) is 34.4 Å². The number of anilines is 1. The lowest BCUT2D eigenvalue weighted by Crippen LogP contribution is -2.11. The van der Waals surface area contributed by atoms with Crippen LogP contribution in [0.4, 0.5) is 11.4 Å².